The van der Waals surface area contributed by atoms with Crippen molar-refractivity contribution in [3.8, 4) is 11.1 Å². The van der Waals surface area contributed by atoms with Crippen molar-refractivity contribution in [1.29, 1.82) is 0 Å². The van der Waals surface area contributed by atoms with E-state index in [9.17, 15) is 0 Å². The molecule has 0 saturated heterocycles. The van der Waals surface area contributed by atoms with Gasteiger partial charge in [0, 0.05) is 12.0 Å². The first kappa shape index (κ1) is 8.86. The van der Waals surface area contributed by atoms with Crippen molar-refractivity contribution in [3.63, 3.8) is 0 Å². The third-order valence-electron chi connectivity index (χ3n) is 2.77. The van der Waals surface area contributed by atoms with Crippen LogP contribution in [0.1, 0.15) is 16.8 Å². The van der Waals surface area contributed by atoms with Gasteiger partial charge in [-0.25, -0.2) is 9.97 Å². The fraction of sp³-hybridized carbons (Fsp3) is 0.167. The van der Waals surface area contributed by atoms with E-state index >= 15 is 0 Å². The molecule has 3 rings (SSSR count). The van der Waals surface area contributed by atoms with Gasteiger partial charge in [-0.2, -0.15) is 0 Å². The molecule has 1 aromatic carbocycles. The number of benzene rings is 1. The van der Waals surface area contributed by atoms with E-state index in [4.69, 9.17) is 11.6 Å². The molecule has 0 saturated carbocycles. The van der Waals surface area contributed by atoms with E-state index in [-0.39, 0.29) is 0 Å². The first-order valence-corrected chi connectivity index (χ1v) is 5.23. The van der Waals surface area contributed by atoms with Gasteiger partial charge in [-0.15, -0.1) is 0 Å². The zero-order chi connectivity index (χ0) is 10.4. The minimum atomic E-state index is 0.558. The zero-order valence-electron chi connectivity index (χ0n) is 8.29. The molecule has 0 N–H and O–H groups in total. The highest BCUT2D eigenvalue weighted by Crippen LogP contribution is 2.38. The summed E-state index contributed by atoms with van der Waals surface area (Å²) in [4.78, 5) is 8.30. The lowest BCUT2D eigenvalue weighted by Crippen LogP contribution is -1.88. The summed E-state index contributed by atoms with van der Waals surface area (Å²) in [6, 6.07) is 6.39. The Bertz CT molecular complexity index is 549. The van der Waals surface area contributed by atoms with Crippen LogP contribution in [0.4, 0.5) is 0 Å². The Hall–Kier alpha value is -1.41. The molecule has 0 spiro atoms. The molecule has 0 unspecified atom stereocenters. The van der Waals surface area contributed by atoms with Crippen molar-refractivity contribution in [1.82, 2.24) is 9.97 Å². The second kappa shape index (κ2) is 3.04. The first-order chi connectivity index (χ1) is 7.25. The molecule has 0 aliphatic heterocycles. The highest BCUT2D eigenvalue weighted by Gasteiger charge is 2.22. The highest BCUT2D eigenvalue weighted by molar-refractivity contribution is 6.32. The number of fused-ring (bicyclic) bond motifs is 3. The molecule has 0 fully saturated rings. The molecule has 1 aliphatic carbocycles. The lowest BCUT2D eigenvalue weighted by atomic mass is 10.1. The van der Waals surface area contributed by atoms with Crippen LogP contribution >= 0.6 is 11.6 Å². The number of hydrogen-bond donors (Lipinski definition) is 0. The van der Waals surface area contributed by atoms with Crippen LogP contribution in [0, 0.1) is 6.92 Å². The van der Waals surface area contributed by atoms with Crippen LogP contribution < -0.4 is 0 Å². The molecular formula is C12H9ClN2. The van der Waals surface area contributed by atoms with Crippen molar-refractivity contribution in [3.05, 3.63) is 46.5 Å². The Kier molecular flexibility index (Phi) is 1.80. The Morgan fingerprint density at radius 1 is 1.27 bits per heavy atom. The number of nitrogens with zero attached hydrogens (tertiary/aromatic N) is 2. The number of aryl methyl sites for hydroxylation is 1. The van der Waals surface area contributed by atoms with Crippen molar-refractivity contribution in [2.45, 2.75) is 13.3 Å². The minimum absolute atomic E-state index is 0.558. The fourth-order valence-electron chi connectivity index (χ4n) is 2.09. The van der Waals surface area contributed by atoms with Gasteiger partial charge in [-0.1, -0.05) is 35.4 Å². The number of hydrogen-bond acceptors (Lipinski definition) is 2. The summed E-state index contributed by atoms with van der Waals surface area (Å²) >= 11 is 6.09. The first-order valence-electron chi connectivity index (χ1n) is 4.85. The zero-order valence-corrected chi connectivity index (χ0v) is 9.04. The maximum absolute atomic E-state index is 6.09. The van der Waals surface area contributed by atoms with Crippen LogP contribution in [0.2, 0.25) is 5.15 Å². The monoisotopic (exact) mass is 216 g/mol. The molecule has 2 aromatic rings. The van der Waals surface area contributed by atoms with Crippen molar-refractivity contribution in [2.75, 3.05) is 0 Å². The summed E-state index contributed by atoms with van der Waals surface area (Å²) in [5.41, 5.74) is 5.80. The summed E-state index contributed by atoms with van der Waals surface area (Å²) < 4.78 is 0. The molecule has 74 valence electrons. The van der Waals surface area contributed by atoms with Gasteiger partial charge < -0.3 is 0 Å². The van der Waals surface area contributed by atoms with Crippen LogP contribution in [0.15, 0.2) is 24.5 Å². The summed E-state index contributed by atoms with van der Waals surface area (Å²) in [5, 5.41) is 0.558. The predicted molar refractivity (Wildman–Crippen MR) is 60.0 cm³/mol. The lowest BCUT2D eigenvalue weighted by molar-refractivity contribution is 1.07. The van der Waals surface area contributed by atoms with Crippen LogP contribution in [0.3, 0.4) is 0 Å². The van der Waals surface area contributed by atoms with Crippen LogP contribution in [0.5, 0.6) is 0 Å². The van der Waals surface area contributed by atoms with Crippen molar-refractivity contribution >= 4 is 11.6 Å². The van der Waals surface area contributed by atoms with Crippen LogP contribution in [-0.2, 0) is 6.42 Å². The number of halogens is 1. The molecule has 15 heavy (non-hydrogen) atoms. The molecule has 2 nitrogen and oxygen atoms in total. The van der Waals surface area contributed by atoms with Gasteiger partial charge in [-0.05, 0) is 18.1 Å². The lowest BCUT2D eigenvalue weighted by Gasteiger charge is -2.02. The van der Waals surface area contributed by atoms with Crippen molar-refractivity contribution in [2.24, 2.45) is 0 Å². The van der Waals surface area contributed by atoms with E-state index in [1.54, 1.807) is 0 Å². The maximum atomic E-state index is 6.09. The van der Waals surface area contributed by atoms with E-state index in [2.05, 4.69) is 35.1 Å². The van der Waals surface area contributed by atoms with E-state index in [0.29, 0.717) is 5.15 Å². The SMILES string of the molecule is Cc1ccc2c(c1)Cc1ncnc(Cl)c1-2. The molecule has 0 atom stereocenters. The van der Waals surface area contributed by atoms with Gasteiger partial charge in [0.15, 0.2) is 0 Å². The molecule has 3 heteroatoms. The van der Waals surface area contributed by atoms with E-state index in [0.717, 1.165) is 17.7 Å². The fourth-order valence-corrected chi connectivity index (χ4v) is 2.35. The Morgan fingerprint density at radius 3 is 3.00 bits per heavy atom. The largest absolute Gasteiger partial charge is 0.240 e. The number of rotatable bonds is 0. The molecule has 0 bridgehead atoms. The average molecular weight is 217 g/mol. The summed E-state index contributed by atoms with van der Waals surface area (Å²) in [6.45, 7) is 2.09. The predicted octanol–water partition coefficient (Wildman–Crippen LogP) is 3.01. The average Bonchev–Trinajstić information content (AvgIpc) is 2.56. The summed E-state index contributed by atoms with van der Waals surface area (Å²) in [6.07, 6.45) is 2.40. The Balaban J connectivity index is 2.31. The van der Waals surface area contributed by atoms with Crippen LogP contribution in [-0.4, -0.2) is 9.97 Å². The third-order valence-corrected chi connectivity index (χ3v) is 3.05. The van der Waals surface area contributed by atoms with Gasteiger partial charge in [0.1, 0.15) is 11.5 Å². The second-order valence-electron chi connectivity index (χ2n) is 3.82. The highest BCUT2D eigenvalue weighted by atomic mass is 35.5. The minimum Gasteiger partial charge on any atom is -0.240 e. The Morgan fingerprint density at radius 2 is 2.13 bits per heavy atom. The molecule has 0 radical (unpaired) electrons. The van der Waals surface area contributed by atoms with Gasteiger partial charge in [0.05, 0.1) is 5.69 Å². The molecule has 1 heterocycles. The summed E-state index contributed by atoms with van der Waals surface area (Å²) in [7, 11) is 0. The van der Waals surface area contributed by atoms with Gasteiger partial charge in [0.2, 0.25) is 0 Å². The molecular weight excluding hydrogens is 208 g/mol. The Labute approximate surface area is 93.0 Å². The standard InChI is InChI=1S/C12H9ClN2/c1-7-2-3-9-8(4-7)5-10-11(9)12(13)15-6-14-10/h2-4,6H,5H2,1H3. The van der Waals surface area contributed by atoms with Gasteiger partial charge in [-0.3, -0.25) is 0 Å². The third kappa shape index (κ3) is 1.25. The number of aromatic nitrogens is 2. The molecule has 1 aromatic heterocycles. The van der Waals surface area contributed by atoms with Gasteiger partial charge in [0.25, 0.3) is 0 Å². The molecule has 0 amide bonds. The van der Waals surface area contributed by atoms with Crippen molar-refractivity contribution < 1.29 is 0 Å². The smallest absolute Gasteiger partial charge is 0.140 e. The topological polar surface area (TPSA) is 25.8 Å². The van der Waals surface area contributed by atoms with E-state index < -0.39 is 0 Å². The van der Waals surface area contributed by atoms with E-state index in [1.807, 2.05) is 0 Å². The normalized spacial score (nSPS) is 12.4. The molecule has 1 aliphatic rings. The van der Waals surface area contributed by atoms with Gasteiger partial charge >= 0.3 is 0 Å². The van der Waals surface area contributed by atoms with E-state index in [1.165, 1.54) is 23.0 Å². The maximum Gasteiger partial charge on any atom is 0.140 e. The van der Waals surface area contributed by atoms with Crippen LogP contribution in [0.25, 0.3) is 11.1 Å². The second-order valence-corrected chi connectivity index (χ2v) is 4.18. The quantitative estimate of drug-likeness (QED) is 0.540. The summed E-state index contributed by atoms with van der Waals surface area (Å²) in [5.74, 6) is 0.